The molecule has 0 saturated carbocycles. The molecule has 0 fully saturated rings. The number of rotatable bonds is 9. The largest absolute Gasteiger partial charge is 0.496 e. The molecule has 1 amide bonds. The van der Waals surface area contributed by atoms with Gasteiger partial charge in [-0.15, -0.1) is 0 Å². The number of ether oxygens (including phenoxy) is 1. The van der Waals surface area contributed by atoms with Crippen molar-refractivity contribution in [3.63, 3.8) is 0 Å². The molecule has 1 aromatic carbocycles. The monoisotopic (exact) mass is 324 g/mol. The number of hydrogen-bond acceptors (Lipinski definition) is 5. The van der Waals surface area contributed by atoms with Gasteiger partial charge in [0, 0.05) is 24.7 Å². The van der Waals surface area contributed by atoms with Crippen molar-refractivity contribution in [2.75, 3.05) is 19.0 Å². The number of amides is 1. The van der Waals surface area contributed by atoms with E-state index in [1.165, 1.54) is 13.2 Å². The van der Waals surface area contributed by atoms with Crippen molar-refractivity contribution in [2.45, 2.75) is 25.8 Å². The van der Waals surface area contributed by atoms with Crippen LogP contribution in [0.5, 0.6) is 5.75 Å². The number of benzene rings is 1. The van der Waals surface area contributed by atoms with Gasteiger partial charge in [-0.2, -0.15) is 0 Å². The molecule has 1 aromatic rings. The smallest absolute Gasteiger partial charge is 0.326 e. The van der Waals surface area contributed by atoms with Gasteiger partial charge in [0.2, 0.25) is 0 Å². The van der Waals surface area contributed by atoms with Crippen molar-refractivity contribution in [2.24, 2.45) is 0 Å². The van der Waals surface area contributed by atoms with Gasteiger partial charge < -0.3 is 25.6 Å². The Kier molecular flexibility index (Phi) is 6.85. The summed E-state index contributed by atoms with van der Waals surface area (Å²) in [7, 11) is 1.40. The average Bonchev–Trinajstić information content (AvgIpc) is 2.50. The fourth-order valence-electron chi connectivity index (χ4n) is 1.95. The highest BCUT2D eigenvalue weighted by Gasteiger charge is 2.23. The first-order valence-electron chi connectivity index (χ1n) is 7.06. The van der Waals surface area contributed by atoms with Gasteiger partial charge in [0.05, 0.1) is 12.7 Å². The summed E-state index contributed by atoms with van der Waals surface area (Å²) in [4.78, 5) is 33.9. The van der Waals surface area contributed by atoms with Crippen LogP contribution in [0.15, 0.2) is 18.2 Å². The van der Waals surface area contributed by atoms with E-state index >= 15 is 0 Å². The number of aliphatic carboxylic acids is 2. The van der Waals surface area contributed by atoms with E-state index in [9.17, 15) is 14.4 Å². The van der Waals surface area contributed by atoms with Gasteiger partial charge >= 0.3 is 11.9 Å². The highest BCUT2D eigenvalue weighted by Crippen LogP contribution is 2.23. The van der Waals surface area contributed by atoms with Gasteiger partial charge in [-0.1, -0.05) is 0 Å². The Labute approximate surface area is 133 Å². The van der Waals surface area contributed by atoms with Crippen LogP contribution in [-0.4, -0.2) is 47.8 Å². The molecule has 1 atom stereocenters. The molecule has 8 heteroatoms. The molecule has 0 saturated heterocycles. The van der Waals surface area contributed by atoms with Gasteiger partial charge in [-0.25, -0.2) is 4.79 Å². The standard InChI is InChI=1S/C15H20N2O6/c1-3-16-9-4-5-10(12(8-9)23-2)14(20)17-11(15(21)22)6-7-13(18)19/h4-5,8,11,16H,3,6-7H2,1-2H3,(H,17,20)(H,18,19)(H,21,22)/t11-/m1/s1. The molecule has 126 valence electrons. The Balaban J connectivity index is 2.90. The molecule has 1 rings (SSSR count). The molecule has 0 unspecified atom stereocenters. The van der Waals surface area contributed by atoms with Gasteiger partial charge in [0.15, 0.2) is 0 Å². The maximum absolute atomic E-state index is 12.2. The van der Waals surface area contributed by atoms with Crippen molar-refractivity contribution in [1.82, 2.24) is 5.32 Å². The Morgan fingerprint density at radius 3 is 2.48 bits per heavy atom. The molecular weight excluding hydrogens is 304 g/mol. The summed E-state index contributed by atoms with van der Waals surface area (Å²) in [5.41, 5.74) is 0.942. The summed E-state index contributed by atoms with van der Waals surface area (Å²) in [6, 6.07) is 3.54. The Morgan fingerprint density at radius 1 is 1.26 bits per heavy atom. The summed E-state index contributed by atoms with van der Waals surface area (Å²) in [5, 5.41) is 23.1. The summed E-state index contributed by atoms with van der Waals surface area (Å²) in [6.07, 6.45) is -0.554. The molecule has 4 N–H and O–H groups in total. The Bertz CT molecular complexity index is 587. The summed E-state index contributed by atoms with van der Waals surface area (Å²) in [5.74, 6) is -2.76. The lowest BCUT2D eigenvalue weighted by Gasteiger charge is -2.16. The predicted molar refractivity (Wildman–Crippen MR) is 82.9 cm³/mol. The SMILES string of the molecule is CCNc1ccc(C(=O)N[C@H](CCC(=O)O)C(=O)O)c(OC)c1. The molecule has 0 bridgehead atoms. The zero-order chi connectivity index (χ0) is 17.4. The van der Waals surface area contributed by atoms with Crippen LogP contribution in [0.3, 0.4) is 0 Å². The highest BCUT2D eigenvalue weighted by atomic mass is 16.5. The van der Waals surface area contributed by atoms with E-state index in [-0.39, 0.29) is 18.4 Å². The molecule has 0 aliphatic carbocycles. The highest BCUT2D eigenvalue weighted by molar-refractivity contribution is 5.99. The molecular formula is C15H20N2O6. The lowest BCUT2D eigenvalue weighted by atomic mass is 10.1. The minimum absolute atomic E-state index is 0.177. The third kappa shape index (κ3) is 5.50. The van der Waals surface area contributed by atoms with Crippen molar-refractivity contribution in [1.29, 1.82) is 0 Å². The van der Waals surface area contributed by atoms with Crippen LogP contribution in [0, 0.1) is 0 Å². The maximum atomic E-state index is 12.2. The molecule has 23 heavy (non-hydrogen) atoms. The van der Waals surface area contributed by atoms with E-state index in [1.54, 1.807) is 12.1 Å². The number of carbonyl (C=O) groups is 3. The third-order valence-electron chi connectivity index (χ3n) is 3.08. The van der Waals surface area contributed by atoms with E-state index in [1.807, 2.05) is 6.92 Å². The summed E-state index contributed by atoms with van der Waals surface area (Å²) in [6.45, 7) is 2.62. The summed E-state index contributed by atoms with van der Waals surface area (Å²) >= 11 is 0. The van der Waals surface area contributed by atoms with E-state index in [2.05, 4.69) is 10.6 Å². The summed E-state index contributed by atoms with van der Waals surface area (Å²) < 4.78 is 5.15. The minimum atomic E-state index is -1.29. The number of methoxy groups -OCH3 is 1. The maximum Gasteiger partial charge on any atom is 0.326 e. The van der Waals surface area contributed by atoms with Gasteiger partial charge in [-0.3, -0.25) is 9.59 Å². The molecule has 0 aromatic heterocycles. The number of anilines is 1. The minimum Gasteiger partial charge on any atom is -0.496 e. The zero-order valence-electron chi connectivity index (χ0n) is 13.0. The lowest BCUT2D eigenvalue weighted by molar-refractivity contribution is -0.140. The van der Waals surface area contributed by atoms with Crippen molar-refractivity contribution >= 4 is 23.5 Å². The molecule has 0 heterocycles. The van der Waals surface area contributed by atoms with E-state index in [4.69, 9.17) is 14.9 Å². The fraction of sp³-hybridized carbons (Fsp3) is 0.400. The molecule has 0 aliphatic heterocycles. The fourth-order valence-corrected chi connectivity index (χ4v) is 1.95. The lowest BCUT2D eigenvalue weighted by Crippen LogP contribution is -2.41. The second-order valence-corrected chi connectivity index (χ2v) is 4.74. The molecule has 0 spiro atoms. The van der Waals surface area contributed by atoms with Crippen LogP contribution in [-0.2, 0) is 9.59 Å². The van der Waals surface area contributed by atoms with Crippen LogP contribution >= 0.6 is 0 Å². The number of hydrogen-bond donors (Lipinski definition) is 4. The topological polar surface area (TPSA) is 125 Å². The molecule has 0 aliphatic rings. The molecule has 8 nitrogen and oxygen atoms in total. The third-order valence-corrected chi connectivity index (χ3v) is 3.08. The first kappa shape index (κ1) is 18.3. The van der Waals surface area contributed by atoms with E-state index in [0.29, 0.717) is 12.3 Å². The quantitative estimate of drug-likeness (QED) is 0.537. The zero-order valence-corrected chi connectivity index (χ0v) is 13.0. The van der Waals surface area contributed by atoms with Crippen molar-refractivity contribution in [3.05, 3.63) is 23.8 Å². The first-order valence-corrected chi connectivity index (χ1v) is 7.06. The van der Waals surface area contributed by atoms with Crippen LogP contribution in [0.4, 0.5) is 5.69 Å². The number of carbonyl (C=O) groups excluding carboxylic acids is 1. The van der Waals surface area contributed by atoms with Gasteiger partial charge in [0.1, 0.15) is 11.8 Å². The Hall–Kier alpha value is -2.77. The van der Waals surface area contributed by atoms with Crippen LogP contribution in [0.1, 0.15) is 30.1 Å². The second-order valence-electron chi connectivity index (χ2n) is 4.74. The molecule has 0 radical (unpaired) electrons. The van der Waals surface area contributed by atoms with Crippen molar-refractivity contribution in [3.8, 4) is 5.75 Å². The number of carboxylic acids is 2. The number of carboxylic acid groups (broad SMARTS) is 2. The van der Waals surface area contributed by atoms with Crippen LogP contribution in [0.25, 0.3) is 0 Å². The predicted octanol–water partition coefficient (Wildman–Crippen LogP) is 1.17. The Morgan fingerprint density at radius 2 is 1.96 bits per heavy atom. The van der Waals surface area contributed by atoms with Crippen LogP contribution < -0.4 is 15.4 Å². The number of nitrogens with one attached hydrogen (secondary N) is 2. The van der Waals surface area contributed by atoms with Crippen molar-refractivity contribution < 1.29 is 29.3 Å². The van der Waals surface area contributed by atoms with Crippen LogP contribution in [0.2, 0.25) is 0 Å². The average molecular weight is 324 g/mol. The van der Waals surface area contributed by atoms with Gasteiger partial charge in [0.25, 0.3) is 5.91 Å². The second kappa shape index (κ2) is 8.62. The van der Waals surface area contributed by atoms with E-state index < -0.39 is 23.9 Å². The first-order chi connectivity index (χ1) is 10.9. The normalized spacial score (nSPS) is 11.4. The van der Waals surface area contributed by atoms with E-state index in [0.717, 1.165) is 5.69 Å². The van der Waals surface area contributed by atoms with Gasteiger partial charge in [-0.05, 0) is 25.5 Å².